The Hall–Kier alpha value is -5.80. The fourth-order valence-electron chi connectivity index (χ4n) is 9.27. The Kier molecular flexibility index (Phi) is 3.85. The molecule has 0 N–H and O–H groups in total. The molecule has 45 heavy (non-hydrogen) atoms. The lowest BCUT2D eigenvalue weighted by atomic mass is 9.34. The fourth-order valence-corrected chi connectivity index (χ4v) is 9.27. The van der Waals surface area contributed by atoms with Crippen LogP contribution in [0.15, 0.2) is 140 Å². The van der Waals surface area contributed by atoms with Crippen molar-refractivity contribution in [3.63, 3.8) is 0 Å². The Morgan fingerprint density at radius 1 is 0.378 bits per heavy atom. The Labute approximate surface area is 258 Å². The van der Waals surface area contributed by atoms with E-state index in [2.05, 4.69) is 149 Å². The molecular weight excluding hydrogens is 543 g/mol. The number of rotatable bonds is 0. The number of hydrogen-bond acceptors (Lipinski definition) is 0. The van der Waals surface area contributed by atoms with Crippen molar-refractivity contribution in [2.24, 2.45) is 0 Å². The lowest BCUT2D eigenvalue weighted by Gasteiger charge is -2.33. The van der Waals surface area contributed by atoms with Gasteiger partial charge in [0.25, 0.3) is 6.71 Å². The predicted octanol–water partition coefficient (Wildman–Crippen LogP) is 8.48. The van der Waals surface area contributed by atoms with Crippen molar-refractivity contribution in [2.45, 2.75) is 0 Å². The highest BCUT2D eigenvalue weighted by atomic mass is 15.0. The first-order chi connectivity index (χ1) is 22.4. The molecule has 3 heteroatoms. The summed E-state index contributed by atoms with van der Waals surface area (Å²) in [6.45, 7) is 0.137. The van der Waals surface area contributed by atoms with E-state index >= 15 is 0 Å². The molecule has 0 saturated heterocycles. The van der Waals surface area contributed by atoms with E-state index in [-0.39, 0.29) is 6.71 Å². The van der Waals surface area contributed by atoms with E-state index in [1.54, 1.807) is 0 Å². The van der Waals surface area contributed by atoms with Gasteiger partial charge in [0.1, 0.15) is 0 Å². The smallest absolute Gasteiger partial charge is 0.252 e. The first kappa shape index (κ1) is 22.7. The van der Waals surface area contributed by atoms with E-state index in [1.165, 1.54) is 104 Å². The maximum atomic E-state index is 2.61. The standard InChI is InChI=1S/C42H23BN2/c1-2-12-25-24(11-1)23-33-42-37(25)30-17-7-8-20-34(30)44(42)35-21-10-22-36-39(35)43(33)32-19-9-18-31-38-28-15-5-3-13-26(28)27-14-4-6-16-29(27)41(38)45(36)40(31)32/h1-23H. The summed E-state index contributed by atoms with van der Waals surface area (Å²) in [4.78, 5) is 0. The van der Waals surface area contributed by atoms with Crippen LogP contribution in [0.4, 0.5) is 0 Å². The highest BCUT2D eigenvalue weighted by molar-refractivity contribution is 7.00. The van der Waals surface area contributed by atoms with Crippen LogP contribution in [-0.2, 0) is 0 Å². The zero-order valence-electron chi connectivity index (χ0n) is 24.3. The molecule has 2 nitrogen and oxygen atoms in total. The van der Waals surface area contributed by atoms with Crippen molar-refractivity contribution < 1.29 is 0 Å². The van der Waals surface area contributed by atoms with Crippen LogP contribution in [0, 0.1) is 0 Å². The molecule has 0 amide bonds. The minimum Gasteiger partial charge on any atom is -0.310 e. The number of aromatic nitrogens is 2. The molecule has 0 atom stereocenters. The second-order valence-electron chi connectivity index (χ2n) is 12.8. The monoisotopic (exact) mass is 566 g/mol. The zero-order chi connectivity index (χ0) is 29.0. The molecule has 10 aromatic rings. The molecule has 12 rings (SSSR count). The molecule has 2 aliphatic heterocycles. The highest BCUT2D eigenvalue weighted by Gasteiger charge is 2.41. The van der Waals surface area contributed by atoms with Crippen molar-refractivity contribution >= 4 is 99.0 Å². The Balaban J connectivity index is 1.37. The number of para-hydroxylation sites is 2. The van der Waals surface area contributed by atoms with Gasteiger partial charge >= 0.3 is 0 Å². The average molecular weight is 566 g/mol. The lowest BCUT2D eigenvalue weighted by Crippen LogP contribution is -2.59. The minimum atomic E-state index is 0.137. The van der Waals surface area contributed by atoms with E-state index in [1.807, 2.05) is 0 Å². The van der Waals surface area contributed by atoms with Gasteiger partial charge < -0.3 is 9.13 Å². The van der Waals surface area contributed by atoms with Gasteiger partial charge in [0.05, 0.1) is 16.6 Å². The maximum Gasteiger partial charge on any atom is 0.252 e. The molecule has 0 bridgehead atoms. The van der Waals surface area contributed by atoms with Crippen LogP contribution in [-0.4, -0.2) is 15.8 Å². The van der Waals surface area contributed by atoms with Crippen molar-refractivity contribution in [3.05, 3.63) is 140 Å². The summed E-state index contributed by atoms with van der Waals surface area (Å²) in [5, 5.41) is 13.3. The molecule has 4 heterocycles. The van der Waals surface area contributed by atoms with Crippen molar-refractivity contribution in [3.8, 4) is 11.4 Å². The zero-order valence-corrected chi connectivity index (χ0v) is 24.3. The topological polar surface area (TPSA) is 9.86 Å². The second-order valence-corrected chi connectivity index (χ2v) is 12.8. The summed E-state index contributed by atoms with van der Waals surface area (Å²) in [6, 6.07) is 52.4. The van der Waals surface area contributed by atoms with Gasteiger partial charge in [-0.25, -0.2) is 0 Å². The third-order valence-electron chi connectivity index (χ3n) is 10.8. The number of hydrogen-bond donors (Lipinski definition) is 0. The second kappa shape index (κ2) is 7.64. The quantitative estimate of drug-likeness (QED) is 0.129. The Morgan fingerprint density at radius 3 is 1.82 bits per heavy atom. The summed E-state index contributed by atoms with van der Waals surface area (Å²) in [7, 11) is 0. The Bertz CT molecular complexity index is 2990. The van der Waals surface area contributed by atoms with Crippen molar-refractivity contribution in [1.82, 2.24) is 9.13 Å². The first-order valence-corrected chi connectivity index (χ1v) is 15.8. The van der Waals surface area contributed by atoms with Gasteiger partial charge in [-0.05, 0) is 61.5 Å². The van der Waals surface area contributed by atoms with E-state index < -0.39 is 0 Å². The third-order valence-corrected chi connectivity index (χ3v) is 10.8. The van der Waals surface area contributed by atoms with Crippen LogP contribution in [0.2, 0.25) is 0 Å². The molecular formula is C42H23BN2. The van der Waals surface area contributed by atoms with Gasteiger partial charge in [-0.2, -0.15) is 0 Å². The largest absolute Gasteiger partial charge is 0.310 e. The summed E-state index contributed by atoms with van der Waals surface area (Å²) in [5.74, 6) is 0. The van der Waals surface area contributed by atoms with Crippen molar-refractivity contribution in [1.29, 1.82) is 0 Å². The van der Waals surface area contributed by atoms with Gasteiger partial charge in [0.15, 0.2) is 0 Å². The normalized spacial score (nSPS) is 13.3. The highest BCUT2D eigenvalue weighted by Crippen LogP contribution is 2.44. The summed E-state index contributed by atoms with van der Waals surface area (Å²) in [5.41, 5.74) is 12.1. The molecule has 204 valence electrons. The molecule has 2 aromatic heterocycles. The summed E-state index contributed by atoms with van der Waals surface area (Å²) in [6.07, 6.45) is 0. The van der Waals surface area contributed by atoms with Crippen LogP contribution >= 0.6 is 0 Å². The molecule has 0 aliphatic carbocycles. The molecule has 0 radical (unpaired) electrons. The molecule has 0 saturated carbocycles. The molecule has 0 spiro atoms. The van der Waals surface area contributed by atoms with E-state index in [0.717, 1.165) is 0 Å². The fraction of sp³-hybridized carbons (Fsp3) is 0. The van der Waals surface area contributed by atoms with Gasteiger partial charge in [-0.1, -0.05) is 121 Å². The van der Waals surface area contributed by atoms with Crippen LogP contribution < -0.4 is 16.4 Å². The van der Waals surface area contributed by atoms with Gasteiger partial charge in [-0.3, -0.25) is 0 Å². The van der Waals surface area contributed by atoms with Gasteiger partial charge in [0, 0.05) is 43.8 Å². The molecule has 0 unspecified atom stereocenters. The van der Waals surface area contributed by atoms with Gasteiger partial charge in [0.2, 0.25) is 0 Å². The SMILES string of the molecule is c1cc2c3c(c1)-n1c4c(cccc4c4c5ccccc5c5ccccc5c41)B3c1cc3ccccc3c3c4ccccc4n-2c13. The van der Waals surface area contributed by atoms with Gasteiger partial charge in [-0.15, -0.1) is 0 Å². The van der Waals surface area contributed by atoms with Crippen LogP contribution in [0.1, 0.15) is 0 Å². The predicted molar refractivity (Wildman–Crippen MR) is 192 cm³/mol. The Morgan fingerprint density at radius 2 is 0.978 bits per heavy atom. The average Bonchev–Trinajstić information content (AvgIpc) is 3.64. The molecule has 0 fully saturated rings. The molecule has 8 aromatic carbocycles. The number of nitrogens with zero attached hydrogens (tertiary/aromatic N) is 2. The van der Waals surface area contributed by atoms with Crippen LogP contribution in [0.25, 0.3) is 87.3 Å². The minimum absolute atomic E-state index is 0.137. The summed E-state index contributed by atoms with van der Waals surface area (Å²) >= 11 is 0. The van der Waals surface area contributed by atoms with Crippen molar-refractivity contribution in [2.75, 3.05) is 0 Å². The first-order valence-electron chi connectivity index (χ1n) is 15.8. The van der Waals surface area contributed by atoms with E-state index in [0.29, 0.717) is 0 Å². The van der Waals surface area contributed by atoms with Crippen LogP contribution in [0.3, 0.4) is 0 Å². The number of benzene rings is 8. The third kappa shape index (κ3) is 2.48. The van der Waals surface area contributed by atoms with E-state index in [4.69, 9.17) is 0 Å². The number of fused-ring (bicyclic) bond motifs is 17. The summed E-state index contributed by atoms with van der Waals surface area (Å²) < 4.78 is 5.17. The van der Waals surface area contributed by atoms with Crippen LogP contribution in [0.5, 0.6) is 0 Å². The lowest BCUT2D eigenvalue weighted by molar-refractivity contribution is 1.15. The molecule has 2 aliphatic rings. The van der Waals surface area contributed by atoms with E-state index in [9.17, 15) is 0 Å². The maximum absolute atomic E-state index is 2.61.